The number of benzene rings is 1. The average Bonchev–Trinajstić information content (AvgIpc) is 2.58. The van der Waals surface area contributed by atoms with Gasteiger partial charge in [-0.15, -0.1) is 0 Å². The van der Waals surface area contributed by atoms with Crippen LogP contribution in [0.25, 0.3) is 0 Å². The molecule has 2 unspecified atom stereocenters. The van der Waals surface area contributed by atoms with Crippen molar-refractivity contribution < 1.29 is 13.2 Å². The van der Waals surface area contributed by atoms with Crippen LogP contribution >= 0.6 is 0 Å². The fraction of sp³-hybridized carbons (Fsp3) is 0.650. The van der Waals surface area contributed by atoms with E-state index >= 15 is 0 Å². The minimum absolute atomic E-state index is 0.0139. The Morgan fingerprint density at radius 3 is 2.44 bits per heavy atom. The van der Waals surface area contributed by atoms with Crippen LogP contribution in [0, 0.1) is 24.7 Å². The van der Waals surface area contributed by atoms with Gasteiger partial charge in [-0.2, -0.15) is 0 Å². The zero-order valence-electron chi connectivity index (χ0n) is 16.2. The molecule has 150 valence electrons. The molecule has 2 aliphatic rings. The van der Waals surface area contributed by atoms with Crippen molar-refractivity contribution in [1.29, 1.82) is 0 Å². The molecular weight excluding hydrogens is 362 g/mol. The third kappa shape index (κ3) is 4.63. The highest BCUT2D eigenvalue weighted by molar-refractivity contribution is 7.92. The lowest BCUT2D eigenvalue weighted by Gasteiger charge is -2.43. The minimum atomic E-state index is -3.37. The molecule has 6 nitrogen and oxygen atoms in total. The zero-order chi connectivity index (χ0) is 19.6. The Morgan fingerprint density at radius 2 is 1.81 bits per heavy atom. The van der Waals surface area contributed by atoms with Gasteiger partial charge < -0.3 is 11.1 Å². The third-order valence-electron chi connectivity index (χ3n) is 6.11. The van der Waals surface area contributed by atoms with E-state index in [-0.39, 0.29) is 23.6 Å². The van der Waals surface area contributed by atoms with Gasteiger partial charge in [-0.1, -0.05) is 19.4 Å². The number of hydrogen-bond acceptors (Lipinski definition) is 4. The van der Waals surface area contributed by atoms with Gasteiger partial charge >= 0.3 is 0 Å². The number of carbonyl (C=O) groups is 1. The number of amides is 1. The number of anilines is 2. The number of sulfonamides is 1. The fourth-order valence-corrected chi connectivity index (χ4v) is 5.80. The van der Waals surface area contributed by atoms with E-state index in [1.165, 1.54) is 6.42 Å². The Balaban J connectivity index is 1.70. The quantitative estimate of drug-likeness (QED) is 0.690. The van der Waals surface area contributed by atoms with Gasteiger partial charge in [0, 0.05) is 17.6 Å². The van der Waals surface area contributed by atoms with Gasteiger partial charge in [-0.25, -0.2) is 8.42 Å². The van der Waals surface area contributed by atoms with Crippen molar-refractivity contribution in [1.82, 2.24) is 0 Å². The van der Waals surface area contributed by atoms with E-state index in [2.05, 4.69) is 10.0 Å². The standard InChI is InChI=1S/C20H31N3O3S/c1-3-10-27(25,26)23-18-9-5-8-17(13(18)2)22-20(24)16-11-14-6-4-7-15(12-16)19(14)21/h5,8-9,14-16,19,23H,3-4,6-7,10-12,21H2,1-2H3,(H,22,24). The summed E-state index contributed by atoms with van der Waals surface area (Å²) in [6, 6.07) is 5.54. The van der Waals surface area contributed by atoms with E-state index in [0.29, 0.717) is 29.6 Å². The zero-order valence-corrected chi connectivity index (χ0v) is 17.0. The van der Waals surface area contributed by atoms with Gasteiger partial charge in [0.1, 0.15) is 0 Å². The molecule has 2 bridgehead atoms. The minimum Gasteiger partial charge on any atom is -0.327 e. The first kappa shape index (κ1) is 20.1. The van der Waals surface area contributed by atoms with Crippen LogP contribution in [0.5, 0.6) is 0 Å². The molecule has 0 spiro atoms. The van der Waals surface area contributed by atoms with E-state index in [9.17, 15) is 13.2 Å². The number of hydrogen-bond donors (Lipinski definition) is 3. The summed E-state index contributed by atoms with van der Waals surface area (Å²) < 4.78 is 26.8. The van der Waals surface area contributed by atoms with E-state index in [4.69, 9.17) is 5.73 Å². The van der Waals surface area contributed by atoms with Crippen LogP contribution in [0.15, 0.2) is 18.2 Å². The van der Waals surface area contributed by atoms with Crippen LogP contribution in [0.3, 0.4) is 0 Å². The first-order valence-electron chi connectivity index (χ1n) is 9.97. The molecule has 27 heavy (non-hydrogen) atoms. The number of nitrogens with one attached hydrogen (secondary N) is 2. The lowest BCUT2D eigenvalue weighted by atomic mass is 9.65. The fourth-order valence-electron chi connectivity index (χ4n) is 4.61. The summed E-state index contributed by atoms with van der Waals surface area (Å²) in [5.41, 5.74) is 8.25. The Labute approximate surface area is 162 Å². The number of rotatable bonds is 6. The summed E-state index contributed by atoms with van der Waals surface area (Å²) in [6.07, 6.45) is 5.72. The highest BCUT2D eigenvalue weighted by atomic mass is 32.2. The Hall–Kier alpha value is -1.60. The first-order valence-corrected chi connectivity index (χ1v) is 11.6. The Bertz CT molecular complexity index is 780. The van der Waals surface area contributed by atoms with Gasteiger partial charge in [0.15, 0.2) is 0 Å². The second kappa shape index (κ2) is 8.19. The Morgan fingerprint density at radius 1 is 1.19 bits per heavy atom. The molecule has 1 aromatic carbocycles. The van der Waals surface area contributed by atoms with E-state index in [1.807, 2.05) is 19.9 Å². The van der Waals surface area contributed by atoms with Crippen molar-refractivity contribution in [2.75, 3.05) is 15.8 Å². The molecule has 0 heterocycles. The molecule has 4 N–H and O–H groups in total. The summed E-state index contributed by atoms with van der Waals surface area (Å²) >= 11 is 0. The second-order valence-electron chi connectivity index (χ2n) is 8.09. The molecule has 1 aromatic rings. The maximum absolute atomic E-state index is 12.9. The molecule has 2 atom stereocenters. The summed E-state index contributed by atoms with van der Waals surface area (Å²) in [7, 11) is -3.37. The van der Waals surface area contributed by atoms with Crippen LogP contribution in [0.1, 0.15) is 51.0 Å². The molecule has 0 aliphatic heterocycles. The van der Waals surface area contributed by atoms with Gasteiger partial charge in [0.2, 0.25) is 15.9 Å². The predicted octanol–water partition coefficient (Wildman–Crippen LogP) is 3.24. The molecule has 3 rings (SSSR count). The summed E-state index contributed by atoms with van der Waals surface area (Å²) in [4.78, 5) is 12.9. The Kier molecular flexibility index (Phi) is 6.11. The predicted molar refractivity (Wildman–Crippen MR) is 109 cm³/mol. The monoisotopic (exact) mass is 393 g/mol. The van der Waals surface area contributed by atoms with E-state index < -0.39 is 10.0 Å². The van der Waals surface area contributed by atoms with Crippen LogP contribution < -0.4 is 15.8 Å². The maximum atomic E-state index is 12.9. The lowest BCUT2D eigenvalue weighted by molar-refractivity contribution is -0.122. The normalized spacial score (nSPS) is 27.8. The van der Waals surface area contributed by atoms with E-state index in [1.54, 1.807) is 12.1 Å². The SMILES string of the molecule is CCCS(=O)(=O)Nc1cccc(NC(=O)C2CC3CCCC(C2)C3N)c1C. The van der Waals surface area contributed by atoms with Crippen molar-refractivity contribution in [3.05, 3.63) is 23.8 Å². The first-order chi connectivity index (χ1) is 12.8. The van der Waals surface area contributed by atoms with E-state index in [0.717, 1.165) is 31.2 Å². The highest BCUT2D eigenvalue weighted by Gasteiger charge is 2.40. The molecule has 0 aromatic heterocycles. The maximum Gasteiger partial charge on any atom is 0.232 e. The molecule has 2 aliphatic carbocycles. The molecular formula is C20H31N3O3S. The summed E-state index contributed by atoms with van der Waals surface area (Å²) in [6.45, 7) is 3.65. The molecule has 1 amide bonds. The van der Waals surface area contributed by atoms with Crippen molar-refractivity contribution in [2.45, 2.75) is 58.4 Å². The van der Waals surface area contributed by atoms with Crippen LogP contribution in [-0.2, 0) is 14.8 Å². The topological polar surface area (TPSA) is 101 Å². The van der Waals surface area contributed by atoms with Gasteiger partial charge in [-0.05, 0) is 68.6 Å². The lowest BCUT2D eigenvalue weighted by Crippen LogP contribution is -2.48. The van der Waals surface area contributed by atoms with Crippen molar-refractivity contribution in [2.24, 2.45) is 23.5 Å². The molecule has 0 saturated heterocycles. The number of carbonyl (C=O) groups excluding carboxylic acids is 1. The smallest absolute Gasteiger partial charge is 0.232 e. The van der Waals surface area contributed by atoms with Crippen LogP contribution in [0.2, 0.25) is 0 Å². The van der Waals surface area contributed by atoms with Crippen molar-refractivity contribution >= 4 is 27.3 Å². The third-order valence-corrected chi connectivity index (χ3v) is 7.59. The van der Waals surface area contributed by atoms with Crippen LogP contribution in [-0.4, -0.2) is 26.1 Å². The van der Waals surface area contributed by atoms with Crippen molar-refractivity contribution in [3.8, 4) is 0 Å². The number of fused-ring (bicyclic) bond motifs is 2. The average molecular weight is 394 g/mol. The molecule has 2 saturated carbocycles. The van der Waals surface area contributed by atoms with Gasteiger partial charge in [0.05, 0.1) is 11.4 Å². The second-order valence-corrected chi connectivity index (χ2v) is 9.93. The summed E-state index contributed by atoms with van der Waals surface area (Å²) in [5.74, 6) is 0.979. The number of nitrogens with two attached hydrogens (primary N) is 1. The van der Waals surface area contributed by atoms with Gasteiger partial charge in [0.25, 0.3) is 0 Å². The molecule has 7 heteroatoms. The largest absolute Gasteiger partial charge is 0.327 e. The van der Waals surface area contributed by atoms with Crippen LogP contribution in [0.4, 0.5) is 11.4 Å². The summed E-state index contributed by atoms with van der Waals surface area (Å²) in [5, 5.41) is 3.03. The molecule has 0 radical (unpaired) electrons. The van der Waals surface area contributed by atoms with Gasteiger partial charge in [-0.3, -0.25) is 9.52 Å². The highest BCUT2D eigenvalue weighted by Crippen LogP contribution is 2.42. The van der Waals surface area contributed by atoms with Crippen molar-refractivity contribution in [3.63, 3.8) is 0 Å². The molecule has 2 fully saturated rings.